The second-order valence-electron chi connectivity index (χ2n) is 12.9. The fraction of sp³-hybridized carbons (Fsp3) is 0.556. The predicted octanol–water partition coefficient (Wildman–Crippen LogP) is 6.79. The zero-order valence-corrected chi connectivity index (χ0v) is 30.7. The van der Waals surface area contributed by atoms with E-state index in [-0.39, 0.29) is 35.9 Å². The zero-order valence-electron chi connectivity index (χ0n) is 30.7. The molecule has 0 saturated carbocycles. The Bertz CT molecular complexity index is 1990. The molecule has 2 fully saturated rings. The van der Waals surface area contributed by atoms with Gasteiger partial charge < -0.3 is 19.2 Å². The fourth-order valence-corrected chi connectivity index (χ4v) is 6.68. The number of nitrogens with one attached hydrogen (secondary N) is 1. The molecule has 1 N–H and O–H groups in total. The van der Waals surface area contributed by atoms with Crippen LogP contribution in [0.5, 0.6) is 5.88 Å². The number of benzene rings is 1. The summed E-state index contributed by atoms with van der Waals surface area (Å²) in [7, 11) is 0. The Balaban J connectivity index is 0.000000206. The summed E-state index contributed by atoms with van der Waals surface area (Å²) in [4.78, 5) is 46.8. The van der Waals surface area contributed by atoms with Gasteiger partial charge in [0.25, 0.3) is 11.2 Å². The minimum atomic E-state index is -0.408. The van der Waals surface area contributed by atoms with Crippen LogP contribution in [-0.2, 0) is 15.9 Å². The van der Waals surface area contributed by atoms with E-state index in [1.807, 2.05) is 29.9 Å². The maximum Gasteiger partial charge on any atom is 0.279 e. The van der Waals surface area contributed by atoms with Crippen LogP contribution < -0.4 is 10.3 Å². The second-order valence-corrected chi connectivity index (χ2v) is 12.9. The molecule has 51 heavy (non-hydrogen) atoms. The van der Waals surface area contributed by atoms with Gasteiger partial charge in [-0.3, -0.25) is 24.0 Å². The molecule has 1 aromatic carbocycles. The van der Waals surface area contributed by atoms with Gasteiger partial charge in [0.1, 0.15) is 24.1 Å². The van der Waals surface area contributed by atoms with E-state index in [1.54, 1.807) is 31.7 Å². The molecule has 15 heteroatoms. The molecule has 0 aliphatic carbocycles. The number of rotatable bonds is 9. The molecule has 2 aliphatic heterocycles. The fourth-order valence-electron chi connectivity index (χ4n) is 6.68. The molecule has 0 spiro atoms. The summed E-state index contributed by atoms with van der Waals surface area (Å²) in [6, 6.07) is 6.46. The standard InChI is InChI=1S/C21H25N5O4.C13H18N4O2.C2H6/c1-4-17-13(2)11-18(30-17)25-12-22-19-20(25)23-14(3)24-21(19)29-10-9-15-5-7-16(8-6-15)26(27)28;1-4-9-7(2)5-10(19-9)17-6-14-11-12(17)15-8(3)16-13(11)18;1-2/h5-8,12-13,17-18H,4,9-11H2,1-3H3;6-7,9-10H,4-5H2,1-3H3,(H,15,16,18);1-2H3/t13-,17-,18-;7-,9-,10-;/m11./s1. The number of fused-ring (bicyclic) bond motifs is 2. The van der Waals surface area contributed by atoms with Crippen LogP contribution in [-0.4, -0.2) is 62.8 Å². The van der Waals surface area contributed by atoms with Crippen molar-refractivity contribution in [1.29, 1.82) is 0 Å². The number of aryl methyl sites for hydroxylation is 2. The van der Waals surface area contributed by atoms with E-state index in [0.717, 1.165) is 31.2 Å². The van der Waals surface area contributed by atoms with Gasteiger partial charge >= 0.3 is 0 Å². The van der Waals surface area contributed by atoms with Crippen molar-refractivity contribution in [3.8, 4) is 5.88 Å². The van der Waals surface area contributed by atoms with E-state index in [1.165, 1.54) is 12.1 Å². The van der Waals surface area contributed by atoms with Crippen molar-refractivity contribution in [2.75, 3.05) is 6.61 Å². The number of nitro groups is 1. The molecule has 5 aromatic rings. The third-order valence-corrected chi connectivity index (χ3v) is 9.33. The number of aromatic nitrogens is 8. The largest absolute Gasteiger partial charge is 0.476 e. The number of hydrogen-bond donors (Lipinski definition) is 1. The van der Waals surface area contributed by atoms with Crippen LogP contribution in [0.2, 0.25) is 0 Å². The van der Waals surface area contributed by atoms with E-state index in [4.69, 9.17) is 14.2 Å². The first-order valence-electron chi connectivity index (χ1n) is 17.9. The summed E-state index contributed by atoms with van der Waals surface area (Å²) in [5, 5.41) is 10.8. The third kappa shape index (κ3) is 8.25. The first-order chi connectivity index (χ1) is 24.6. The lowest BCUT2D eigenvalue weighted by atomic mass is 10.0. The molecular formula is C36H49N9O6. The number of aromatic amines is 1. The molecule has 15 nitrogen and oxygen atoms in total. The quantitative estimate of drug-likeness (QED) is 0.126. The van der Waals surface area contributed by atoms with Crippen molar-refractivity contribution in [2.24, 2.45) is 11.8 Å². The maximum atomic E-state index is 11.8. The van der Waals surface area contributed by atoms with Crippen LogP contribution in [0.1, 0.15) is 96.9 Å². The Morgan fingerprint density at radius 3 is 1.96 bits per heavy atom. The van der Waals surface area contributed by atoms with Crippen LogP contribution in [0.15, 0.2) is 41.7 Å². The zero-order chi connectivity index (χ0) is 36.8. The first-order valence-corrected chi connectivity index (χ1v) is 17.9. The van der Waals surface area contributed by atoms with Gasteiger partial charge in [-0.1, -0.05) is 53.7 Å². The monoisotopic (exact) mass is 703 g/mol. The van der Waals surface area contributed by atoms with E-state index >= 15 is 0 Å². The Hall–Kier alpha value is -4.76. The average Bonchev–Trinajstić information content (AvgIpc) is 3.91. The van der Waals surface area contributed by atoms with Gasteiger partial charge in [-0.25, -0.2) is 19.9 Å². The first kappa shape index (κ1) is 37.5. The summed E-state index contributed by atoms with van der Waals surface area (Å²) in [5.41, 5.74) is 3.14. The van der Waals surface area contributed by atoms with Gasteiger partial charge in [-0.05, 0) is 56.9 Å². The lowest BCUT2D eigenvalue weighted by Gasteiger charge is -2.15. The average molecular weight is 704 g/mol. The molecule has 4 aromatic heterocycles. The van der Waals surface area contributed by atoms with Crippen molar-refractivity contribution in [3.63, 3.8) is 0 Å². The summed E-state index contributed by atoms with van der Waals surface area (Å²) in [6.07, 6.45) is 8.19. The normalized spacial score (nSPS) is 22.7. The number of H-pyrrole nitrogens is 1. The summed E-state index contributed by atoms with van der Waals surface area (Å²) in [5.74, 6) is 2.63. The minimum Gasteiger partial charge on any atom is -0.476 e. The molecule has 0 unspecified atom stereocenters. The minimum absolute atomic E-state index is 0.0707. The molecule has 6 heterocycles. The Labute approximate surface area is 297 Å². The Kier molecular flexibility index (Phi) is 12.1. The Morgan fingerprint density at radius 1 is 0.882 bits per heavy atom. The molecule has 274 valence electrons. The van der Waals surface area contributed by atoms with Crippen LogP contribution in [0.4, 0.5) is 5.69 Å². The van der Waals surface area contributed by atoms with E-state index in [2.05, 4.69) is 57.6 Å². The highest BCUT2D eigenvalue weighted by atomic mass is 16.6. The lowest BCUT2D eigenvalue weighted by Crippen LogP contribution is -2.14. The lowest BCUT2D eigenvalue weighted by molar-refractivity contribution is -0.384. The highest BCUT2D eigenvalue weighted by Crippen LogP contribution is 2.37. The van der Waals surface area contributed by atoms with Gasteiger partial charge in [0.15, 0.2) is 22.3 Å². The number of hydrogen-bond acceptors (Lipinski definition) is 11. The Morgan fingerprint density at radius 2 is 1.43 bits per heavy atom. The van der Waals surface area contributed by atoms with Crippen LogP contribution in [0.25, 0.3) is 22.3 Å². The smallest absolute Gasteiger partial charge is 0.279 e. The van der Waals surface area contributed by atoms with E-state index in [0.29, 0.717) is 64.7 Å². The molecule has 2 aliphatic rings. The van der Waals surface area contributed by atoms with E-state index < -0.39 is 4.92 Å². The highest BCUT2D eigenvalue weighted by molar-refractivity contribution is 5.76. The molecule has 0 amide bonds. The molecule has 7 rings (SSSR count). The topological polar surface area (TPSA) is 178 Å². The third-order valence-electron chi connectivity index (χ3n) is 9.33. The predicted molar refractivity (Wildman–Crippen MR) is 193 cm³/mol. The van der Waals surface area contributed by atoms with Crippen molar-refractivity contribution >= 4 is 28.0 Å². The summed E-state index contributed by atoms with van der Waals surface area (Å²) >= 11 is 0. The van der Waals surface area contributed by atoms with Crippen molar-refractivity contribution in [3.05, 3.63) is 74.6 Å². The molecule has 2 saturated heterocycles. The molecule has 0 bridgehead atoms. The van der Waals surface area contributed by atoms with Crippen molar-refractivity contribution in [1.82, 2.24) is 39.0 Å². The molecule has 0 radical (unpaired) electrons. The number of nitro benzene ring substituents is 1. The summed E-state index contributed by atoms with van der Waals surface area (Å²) in [6.45, 7) is 16.6. The molecule has 6 atom stereocenters. The van der Waals surface area contributed by atoms with Gasteiger partial charge in [-0.15, -0.1) is 0 Å². The van der Waals surface area contributed by atoms with Gasteiger partial charge in [-0.2, -0.15) is 4.98 Å². The van der Waals surface area contributed by atoms with Gasteiger partial charge in [0.05, 0.1) is 36.4 Å². The number of imidazole rings is 2. The summed E-state index contributed by atoms with van der Waals surface area (Å²) < 4.78 is 22.0. The van der Waals surface area contributed by atoms with Crippen LogP contribution in [0, 0.1) is 35.8 Å². The van der Waals surface area contributed by atoms with Crippen molar-refractivity contribution in [2.45, 2.75) is 112 Å². The SMILES string of the molecule is CC.CC[C@H]1O[C@@H](n2cnc3c(=O)[nH]c(C)nc32)C[C@H]1C.CC[C@H]1O[C@@H](n2cnc3c(OCCc4ccc([N+](=O)[O-])cc4)nc(C)nc32)C[C@H]1C. The van der Waals surface area contributed by atoms with Crippen LogP contribution >= 0.6 is 0 Å². The van der Waals surface area contributed by atoms with Gasteiger partial charge in [0.2, 0.25) is 5.88 Å². The van der Waals surface area contributed by atoms with Gasteiger partial charge in [0, 0.05) is 18.6 Å². The molecular weight excluding hydrogens is 654 g/mol. The maximum absolute atomic E-state index is 11.8. The van der Waals surface area contributed by atoms with Crippen LogP contribution in [0.3, 0.4) is 0 Å². The highest BCUT2D eigenvalue weighted by Gasteiger charge is 2.34. The number of ether oxygens (including phenoxy) is 3. The van der Waals surface area contributed by atoms with Crippen molar-refractivity contribution < 1.29 is 19.1 Å². The number of nitrogens with zero attached hydrogens (tertiary/aromatic N) is 8. The second kappa shape index (κ2) is 16.5. The number of non-ortho nitro benzene ring substituents is 1. The van der Waals surface area contributed by atoms with E-state index in [9.17, 15) is 14.9 Å².